The molecule has 1 fully saturated rings. The summed E-state index contributed by atoms with van der Waals surface area (Å²) in [6.45, 7) is 2.59. The Kier molecular flexibility index (Phi) is 5.18. The Labute approximate surface area is 184 Å². The van der Waals surface area contributed by atoms with Crippen LogP contribution in [0.15, 0.2) is 67.1 Å². The van der Waals surface area contributed by atoms with E-state index in [9.17, 15) is 9.18 Å². The number of amides is 1. The van der Waals surface area contributed by atoms with Crippen molar-refractivity contribution in [1.82, 2.24) is 19.4 Å². The van der Waals surface area contributed by atoms with Crippen LogP contribution in [0.4, 0.5) is 10.1 Å². The van der Waals surface area contributed by atoms with Crippen molar-refractivity contribution in [2.75, 3.05) is 38.2 Å². The van der Waals surface area contributed by atoms with Gasteiger partial charge in [0.2, 0.25) is 5.95 Å². The number of hydrogen-bond donors (Lipinski definition) is 0. The number of aromatic nitrogens is 3. The summed E-state index contributed by atoms with van der Waals surface area (Å²) in [6, 6.07) is 14.1. The first kappa shape index (κ1) is 20.0. The second kappa shape index (κ2) is 8.30. The predicted molar refractivity (Wildman–Crippen MR) is 120 cm³/mol. The molecule has 3 heterocycles. The van der Waals surface area contributed by atoms with E-state index in [-0.39, 0.29) is 11.7 Å². The molecule has 1 amide bonds. The topological polar surface area (TPSA) is 63.5 Å². The highest BCUT2D eigenvalue weighted by Gasteiger charge is 2.26. The summed E-state index contributed by atoms with van der Waals surface area (Å²) in [6.07, 6.45) is 4.98. The van der Waals surface area contributed by atoms with Gasteiger partial charge in [-0.05, 0) is 48.5 Å². The average molecular weight is 431 g/mol. The van der Waals surface area contributed by atoms with E-state index < -0.39 is 0 Å². The fraction of sp³-hybridized carbons (Fsp3) is 0.208. The Morgan fingerprint density at radius 1 is 1.00 bits per heavy atom. The van der Waals surface area contributed by atoms with E-state index in [1.54, 1.807) is 42.4 Å². The van der Waals surface area contributed by atoms with Gasteiger partial charge in [-0.2, -0.15) is 0 Å². The number of rotatable bonds is 4. The molecule has 2 aromatic carbocycles. The highest BCUT2D eigenvalue weighted by atomic mass is 19.1. The van der Waals surface area contributed by atoms with Crippen LogP contribution in [0.2, 0.25) is 0 Å². The number of halogens is 1. The lowest BCUT2D eigenvalue weighted by molar-refractivity contribution is 0.0748. The number of carbonyl (C=O) groups excluding carboxylic acids is 1. The van der Waals surface area contributed by atoms with E-state index in [2.05, 4.69) is 14.9 Å². The van der Waals surface area contributed by atoms with Crippen molar-refractivity contribution in [3.63, 3.8) is 0 Å². The monoisotopic (exact) mass is 431 g/mol. The Balaban J connectivity index is 1.40. The van der Waals surface area contributed by atoms with Crippen LogP contribution >= 0.6 is 0 Å². The van der Waals surface area contributed by atoms with Gasteiger partial charge in [0.25, 0.3) is 5.91 Å². The number of piperazine rings is 1. The third kappa shape index (κ3) is 3.64. The van der Waals surface area contributed by atoms with Crippen LogP contribution in [0.1, 0.15) is 10.4 Å². The first-order chi connectivity index (χ1) is 15.6. The van der Waals surface area contributed by atoms with Crippen LogP contribution in [-0.4, -0.2) is 58.6 Å². The van der Waals surface area contributed by atoms with Crippen molar-refractivity contribution in [2.45, 2.75) is 0 Å². The Hall–Kier alpha value is -3.94. The minimum absolute atomic E-state index is 0.121. The summed E-state index contributed by atoms with van der Waals surface area (Å²) in [5.41, 5.74) is 2.24. The molecule has 0 N–H and O–H groups in total. The predicted octanol–water partition coefficient (Wildman–Crippen LogP) is 3.53. The van der Waals surface area contributed by atoms with Gasteiger partial charge < -0.3 is 14.5 Å². The molecule has 0 spiro atoms. The summed E-state index contributed by atoms with van der Waals surface area (Å²) in [7, 11) is 1.65. The molecule has 2 aromatic heterocycles. The Morgan fingerprint density at radius 2 is 1.72 bits per heavy atom. The molecule has 0 aliphatic carbocycles. The minimum Gasteiger partial charge on any atom is -0.497 e. The molecule has 8 heteroatoms. The zero-order valence-corrected chi connectivity index (χ0v) is 17.6. The second-order valence-electron chi connectivity index (χ2n) is 7.60. The molecule has 0 saturated carbocycles. The standard InChI is InChI=1S/C24H22FN5O2/c1-32-19-6-4-18(5-7-19)28-11-13-29(14-12-28)23(31)21-16-30(24-26-9-2-10-27-24)22-8-3-17(25)15-20(21)22/h2-10,15-16H,11-14H2,1H3. The van der Waals surface area contributed by atoms with Crippen LogP contribution < -0.4 is 9.64 Å². The molecule has 32 heavy (non-hydrogen) atoms. The second-order valence-corrected chi connectivity index (χ2v) is 7.60. The zero-order chi connectivity index (χ0) is 22.1. The molecule has 162 valence electrons. The summed E-state index contributed by atoms with van der Waals surface area (Å²) in [5, 5.41) is 0.556. The van der Waals surface area contributed by atoms with Crippen LogP contribution in [0, 0.1) is 5.82 Å². The number of nitrogens with zero attached hydrogens (tertiary/aromatic N) is 5. The number of carbonyl (C=O) groups is 1. The first-order valence-electron chi connectivity index (χ1n) is 10.4. The molecule has 4 aromatic rings. The average Bonchev–Trinajstić information content (AvgIpc) is 3.23. The smallest absolute Gasteiger partial charge is 0.256 e. The third-order valence-electron chi connectivity index (χ3n) is 5.77. The maximum atomic E-state index is 14.0. The van der Waals surface area contributed by atoms with Gasteiger partial charge in [0.15, 0.2) is 0 Å². The van der Waals surface area contributed by atoms with E-state index in [1.807, 2.05) is 29.2 Å². The van der Waals surface area contributed by atoms with E-state index in [1.165, 1.54) is 12.1 Å². The van der Waals surface area contributed by atoms with E-state index in [0.717, 1.165) is 11.4 Å². The van der Waals surface area contributed by atoms with E-state index in [0.29, 0.717) is 48.6 Å². The highest BCUT2D eigenvalue weighted by molar-refractivity contribution is 6.07. The van der Waals surface area contributed by atoms with Gasteiger partial charge in [-0.15, -0.1) is 0 Å². The third-order valence-corrected chi connectivity index (χ3v) is 5.77. The molecule has 7 nitrogen and oxygen atoms in total. The van der Waals surface area contributed by atoms with Gasteiger partial charge in [0.05, 0.1) is 18.2 Å². The summed E-state index contributed by atoms with van der Waals surface area (Å²) >= 11 is 0. The summed E-state index contributed by atoms with van der Waals surface area (Å²) < 4.78 is 21.0. The number of methoxy groups -OCH3 is 1. The Bertz CT molecular complexity index is 1250. The lowest BCUT2D eigenvalue weighted by Gasteiger charge is -2.36. The maximum absolute atomic E-state index is 14.0. The summed E-state index contributed by atoms with van der Waals surface area (Å²) in [5.74, 6) is 0.744. The maximum Gasteiger partial charge on any atom is 0.256 e. The van der Waals surface area contributed by atoms with Crippen molar-refractivity contribution in [1.29, 1.82) is 0 Å². The molecule has 0 atom stereocenters. The quantitative estimate of drug-likeness (QED) is 0.495. The van der Waals surface area contributed by atoms with Gasteiger partial charge in [0, 0.05) is 55.8 Å². The van der Waals surface area contributed by atoms with Crippen molar-refractivity contribution in [2.24, 2.45) is 0 Å². The molecular formula is C24H22FN5O2. The lowest BCUT2D eigenvalue weighted by Crippen LogP contribution is -2.48. The van der Waals surface area contributed by atoms with Gasteiger partial charge in [-0.1, -0.05) is 0 Å². The molecule has 1 aliphatic rings. The SMILES string of the molecule is COc1ccc(N2CCN(C(=O)c3cn(-c4ncccn4)c4ccc(F)cc34)CC2)cc1. The summed E-state index contributed by atoms with van der Waals surface area (Å²) in [4.78, 5) is 26.0. The van der Waals surface area contributed by atoms with Crippen molar-refractivity contribution in [3.8, 4) is 11.7 Å². The van der Waals surface area contributed by atoms with Crippen LogP contribution in [0.25, 0.3) is 16.9 Å². The zero-order valence-electron chi connectivity index (χ0n) is 17.6. The fourth-order valence-electron chi connectivity index (χ4n) is 4.08. The fourth-order valence-corrected chi connectivity index (χ4v) is 4.08. The number of ether oxygens (including phenoxy) is 1. The van der Waals surface area contributed by atoms with Crippen LogP contribution in [0.3, 0.4) is 0 Å². The molecule has 1 saturated heterocycles. The normalized spacial score (nSPS) is 14.1. The van der Waals surface area contributed by atoms with Crippen molar-refractivity contribution < 1.29 is 13.9 Å². The van der Waals surface area contributed by atoms with Crippen molar-refractivity contribution in [3.05, 3.63) is 78.5 Å². The van der Waals surface area contributed by atoms with Crippen molar-refractivity contribution >= 4 is 22.5 Å². The molecular weight excluding hydrogens is 409 g/mol. The molecule has 1 aliphatic heterocycles. The van der Waals surface area contributed by atoms with Gasteiger partial charge in [0.1, 0.15) is 11.6 Å². The van der Waals surface area contributed by atoms with Gasteiger partial charge in [-0.3, -0.25) is 9.36 Å². The first-order valence-corrected chi connectivity index (χ1v) is 10.4. The number of anilines is 1. The largest absolute Gasteiger partial charge is 0.497 e. The molecule has 0 bridgehead atoms. The number of hydrogen-bond acceptors (Lipinski definition) is 5. The highest BCUT2D eigenvalue weighted by Crippen LogP contribution is 2.27. The number of fused-ring (bicyclic) bond motifs is 1. The number of benzene rings is 2. The Morgan fingerprint density at radius 3 is 2.41 bits per heavy atom. The lowest BCUT2D eigenvalue weighted by atomic mass is 10.1. The minimum atomic E-state index is -0.386. The van der Waals surface area contributed by atoms with Crippen LogP contribution in [0.5, 0.6) is 5.75 Å². The van der Waals surface area contributed by atoms with Crippen LogP contribution in [-0.2, 0) is 0 Å². The van der Waals surface area contributed by atoms with Gasteiger partial charge in [-0.25, -0.2) is 14.4 Å². The molecule has 5 rings (SSSR count). The molecule has 0 unspecified atom stereocenters. The van der Waals surface area contributed by atoms with Gasteiger partial charge >= 0.3 is 0 Å². The molecule has 0 radical (unpaired) electrons. The van der Waals surface area contributed by atoms with E-state index >= 15 is 0 Å². The van der Waals surface area contributed by atoms with E-state index in [4.69, 9.17) is 4.74 Å².